The Bertz CT molecular complexity index is 448. The van der Waals surface area contributed by atoms with Crippen molar-refractivity contribution in [2.75, 3.05) is 0 Å². The summed E-state index contributed by atoms with van der Waals surface area (Å²) in [4.78, 5) is 33.2. The van der Waals surface area contributed by atoms with E-state index < -0.39 is 23.9 Å². The van der Waals surface area contributed by atoms with Gasteiger partial charge in [-0.3, -0.25) is 9.59 Å². The van der Waals surface area contributed by atoms with Crippen LogP contribution in [-0.2, 0) is 20.8 Å². The smallest absolute Gasteiger partial charge is 0.238 e. The second kappa shape index (κ2) is 7.27. The number of amides is 2. The quantitative estimate of drug-likeness (QED) is 0.554. The molecule has 0 aliphatic carbocycles. The van der Waals surface area contributed by atoms with Crippen molar-refractivity contribution in [1.29, 1.82) is 0 Å². The second-order valence-corrected chi connectivity index (χ2v) is 4.22. The first-order valence-corrected chi connectivity index (χ1v) is 5.86. The van der Waals surface area contributed by atoms with Crippen LogP contribution in [-0.4, -0.2) is 30.2 Å². The molecule has 1 aromatic carbocycles. The zero-order valence-corrected chi connectivity index (χ0v) is 10.4. The fourth-order valence-electron chi connectivity index (χ4n) is 1.60. The maximum Gasteiger partial charge on any atom is 0.238 e. The van der Waals surface area contributed by atoms with Gasteiger partial charge in [-0.1, -0.05) is 30.3 Å². The molecule has 0 aliphatic rings. The van der Waals surface area contributed by atoms with Crippen molar-refractivity contribution in [3.05, 3.63) is 35.9 Å². The van der Waals surface area contributed by atoms with Crippen molar-refractivity contribution in [3.8, 4) is 0 Å². The molecule has 0 heterocycles. The van der Waals surface area contributed by atoms with E-state index in [1.54, 1.807) is 0 Å². The SMILES string of the molecule is NC(=O)C[C@H](N)C(=O)N[C@H](C=O)Cc1ccccc1. The molecule has 6 nitrogen and oxygen atoms in total. The van der Waals surface area contributed by atoms with E-state index in [0.29, 0.717) is 12.7 Å². The molecule has 0 unspecified atom stereocenters. The van der Waals surface area contributed by atoms with Gasteiger partial charge in [0.05, 0.1) is 18.5 Å². The fraction of sp³-hybridized carbons (Fsp3) is 0.308. The third-order valence-electron chi connectivity index (χ3n) is 2.55. The van der Waals surface area contributed by atoms with Crippen molar-refractivity contribution in [1.82, 2.24) is 5.32 Å². The minimum absolute atomic E-state index is 0.247. The summed E-state index contributed by atoms with van der Waals surface area (Å²) in [6.45, 7) is 0. The zero-order valence-electron chi connectivity index (χ0n) is 10.4. The Kier molecular flexibility index (Phi) is 5.69. The van der Waals surface area contributed by atoms with E-state index in [9.17, 15) is 14.4 Å². The topological polar surface area (TPSA) is 115 Å². The number of nitrogens with two attached hydrogens (primary N) is 2. The van der Waals surface area contributed by atoms with E-state index in [1.165, 1.54) is 0 Å². The van der Waals surface area contributed by atoms with Crippen molar-refractivity contribution in [2.45, 2.75) is 24.9 Å². The summed E-state index contributed by atoms with van der Waals surface area (Å²) in [5, 5.41) is 2.48. The number of hydrogen-bond acceptors (Lipinski definition) is 4. The van der Waals surface area contributed by atoms with Crippen LogP contribution in [0.25, 0.3) is 0 Å². The normalized spacial score (nSPS) is 13.3. The third-order valence-corrected chi connectivity index (χ3v) is 2.55. The summed E-state index contributed by atoms with van der Waals surface area (Å²) in [5.74, 6) is -1.22. The maximum atomic E-state index is 11.6. The Morgan fingerprint density at radius 2 is 1.89 bits per heavy atom. The molecule has 1 aromatic rings. The Balaban J connectivity index is 2.55. The Morgan fingerprint density at radius 3 is 2.42 bits per heavy atom. The predicted molar refractivity (Wildman–Crippen MR) is 69.9 cm³/mol. The van der Waals surface area contributed by atoms with Gasteiger partial charge in [-0.25, -0.2) is 0 Å². The number of aldehydes is 1. The largest absolute Gasteiger partial charge is 0.370 e. The molecule has 2 atom stereocenters. The number of carbonyl (C=O) groups is 3. The van der Waals surface area contributed by atoms with Crippen LogP contribution in [0.1, 0.15) is 12.0 Å². The summed E-state index contributed by atoms with van der Waals surface area (Å²) in [7, 11) is 0. The lowest BCUT2D eigenvalue weighted by atomic mass is 10.1. The minimum atomic E-state index is -1.03. The highest BCUT2D eigenvalue weighted by Crippen LogP contribution is 2.02. The molecule has 102 valence electrons. The van der Waals surface area contributed by atoms with Crippen LogP contribution < -0.4 is 16.8 Å². The van der Waals surface area contributed by atoms with Crippen molar-refractivity contribution in [3.63, 3.8) is 0 Å². The summed E-state index contributed by atoms with van der Waals surface area (Å²) < 4.78 is 0. The van der Waals surface area contributed by atoms with Gasteiger partial charge in [0.1, 0.15) is 6.29 Å². The third kappa shape index (κ3) is 5.31. The van der Waals surface area contributed by atoms with Gasteiger partial charge < -0.3 is 21.6 Å². The van der Waals surface area contributed by atoms with Crippen molar-refractivity contribution in [2.24, 2.45) is 11.5 Å². The molecule has 0 saturated carbocycles. The number of benzene rings is 1. The molecule has 2 amide bonds. The number of nitrogens with one attached hydrogen (secondary N) is 1. The number of carbonyl (C=O) groups excluding carboxylic acids is 3. The van der Waals surface area contributed by atoms with Gasteiger partial charge in [-0.2, -0.15) is 0 Å². The van der Waals surface area contributed by atoms with Gasteiger partial charge in [0.2, 0.25) is 11.8 Å². The molecule has 0 bridgehead atoms. The van der Waals surface area contributed by atoms with Gasteiger partial charge in [-0.15, -0.1) is 0 Å². The van der Waals surface area contributed by atoms with Crippen LogP contribution in [0.3, 0.4) is 0 Å². The molecular formula is C13H17N3O3. The summed E-state index contributed by atoms with van der Waals surface area (Å²) in [5.41, 5.74) is 11.4. The average molecular weight is 263 g/mol. The molecule has 0 saturated heterocycles. The molecule has 1 rings (SSSR count). The van der Waals surface area contributed by atoms with Crippen LogP contribution in [0.4, 0.5) is 0 Å². The highest BCUT2D eigenvalue weighted by molar-refractivity contribution is 5.89. The lowest BCUT2D eigenvalue weighted by Crippen LogP contribution is -2.48. The molecule has 5 N–H and O–H groups in total. The fourth-order valence-corrected chi connectivity index (χ4v) is 1.60. The summed E-state index contributed by atoms with van der Waals surface area (Å²) >= 11 is 0. The van der Waals surface area contributed by atoms with Gasteiger partial charge in [0.15, 0.2) is 0 Å². The first-order valence-electron chi connectivity index (χ1n) is 5.86. The van der Waals surface area contributed by atoms with Gasteiger partial charge in [-0.05, 0) is 12.0 Å². The standard InChI is InChI=1S/C13H17N3O3/c14-11(7-12(15)18)13(19)16-10(8-17)6-9-4-2-1-3-5-9/h1-5,8,10-11H,6-7,14H2,(H2,15,18)(H,16,19)/t10-,11-/m0/s1. The molecule has 0 radical (unpaired) electrons. The number of rotatable bonds is 7. The van der Waals surface area contributed by atoms with E-state index in [2.05, 4.69) is 5.32 Å². The lowest BCUT2D eigenvalue weighted by Gasteiger charge is -2.16. The summed E-state index contributed by atoms with van der Waals surface area (Å²) in [6, 6.07) is 7.55. The van der Waals surface area contributed by atoms with E-state index >= 15 is 0 Å². The first kappa shape index (κ1) is 14.8. The predicted octanol–water partition coefficient (Wildman–Crippen LogP) is -0.884. The van der Waals surface area contributed by atoms with Crippen LogP contribution >= 0.6 is 0 Å². The molecule has 0 aromatic heterocycles. The van der Waals surface area contributed by atoms with Crippen LogP contribution in [0.2, 0.25) is 0 Å². The van der Waals surface area contributed by atoms with E-state index in [4.69, 9.17) is 11.5 Å². The van der Waals surface area contributed by atoms with E-state index in [1.807, 2.05) is 30.3 Å². The van der Waals surface area contributed by atoms with Crippen molar-refractivity contribution < 1.29 is 14.4 Å². The highest BCUT2D eigenvalue weighted by Gasteiger charge is 2.19. The number of hydrogen-bond donors (Lipinski definition) is 3. The molecule has 0 fully saturated rings. The average Bonchev–Trinajstić information content (AvgIpc) is 2.38. The van der Waals surface area contributed by atoms with Crippen molar-refractivity contribution >= 4 is 18.1 Å². The van der Waals surface area contributed by atoms with E-state index in [-0.39, 0.29) is 6.42 Å². The number of primary amides is 1. The van der Waals surface area contributed by atoms with Gasteiger partial charge >= 0.3 is 0 Å². The van der Waals surface area contributed by atoms with Gasteiger partial charge in [0, 0.05) is 0 Å². The van der Waals surface area contributed by atoms with E-state index in [0.717, 1.165) is 5.56 Å². The minimum Gasteiger partial charge on any atom is -0.370 e. The first-order chi connectivity index (χ1) is 9.02. The Hall–Kier alpha value is -2.21. The van der Waals surface area contributed by atoms with Crippen LogP contribution in [0.15, 0.2) is 30.3 Å². The summed E-state index contributed by atoms with van der Waals surface area (Å²) in [6.07, 6.45) is 0.768. The van der Waals surface area contributed by atoms with Crippen LogP contribution in [0, 0.1) is 0 Å². The zero-order chi connectivity index (χ0) is 14.3. The molecule has 0 spiro atoms. The van der Waals surface area contributed by atoms with Gasteiger partial charge in [0.25, 0.3) is 0 Å². The molecule has 0 aliphatic heterocycles. The maximum absolute atomic E-state index is 11.6. The molecule has 6 heteroatoms. The molecular weight excluding hydrogens is 246 g/mol. The van der Waals surface area contributed by atoms with Crippen LogP contribution in [0.5, 0.6) is 0 Å². The lowest BCUT2D eigenvalue weighted by molar-refractivity contribution is -0.127. The molecule has 19 heavy (non-hydrogen) atoms. The Morgan fingerprint density at radius 1 is 1.26 bits per heavy atom. The Labute approximate surface area is 111 Å². The monoisotopic (exact) mass is 263 g/mol. The second-order valence-electron chi connectivity index (χ2n) is 4.22. The highest BCUT2D eigenvalue weighted by atomic mass is 16.2.